The standard InChI is InChI=1S/C6H16NO.C6H12O2.C2H6/c1-6(8)5-7(2,3)4;1-2-3-4-5-6(7)8;1-2/h6,8H,5H2,1-4H3;2-5H2,1H3,(H,7,8);1-2H3/q+1;;/p-1. The fourth-order valence-corrected chi connectivity index (χ4v) is 1.31. The number of carboxylic acids is 1. The Morgan fingerprint density at radius 1 is 1.22 bits per heavy atom. The van der Waals surface area contributed by atoms with E-state index in [1.54, 1.807) is 0 Å². The molecule has 4 nitrogen and oxygen atoms in total. The lowest BCUT2D eigenvalue weighted by Gasteiger charge is -2.24. The van der Waals surface area contributed by atoms with E-state index in [4.69, 9.17) is 5.11 Å². The predicted molar refractivity (Wildman–Crippen MR) is 75.1 cm³/mol. The predicted octanol–water partition coefficient (Wildman–Crippen LogP) is 1.42. The molecule has 0 spiro atoms. The van der Waals surface area contributed by atoms with Gasteiger partial charge in [0.1, 0.15) is 12.6 Å². The summed E-state index contributed by atoms with van der Waals surface area (Å²) in [6.45, 7) is 8.67. The fourth-order valence-electron chi connectivity index (χ4n) is 1.31. The van der Waals surface area contributed by atoms with Crippen LogP contribution in [0.15, 0.2) is 0 Å². The van der Waals surface area contributed by atoms with Crippen LogP contribution in [-0.4, -0.2) is 49.4 Å². The molecule has 0 bridgehead atoms. The van der Waals surface area contributed by atoms with E-state index in [9.17, 15) is 9.90 Å². The average molecular weight is 263 g/mol. The highest BCUT2D eigenvalue weighted by Gasteiger charge is 2.09. The van der Waals surface area contributed by atoms with Gasteiger partial charge in [-0.3, -0.25) is 0 Å². The van der Waals surface area contributed by atoms with E-state index in [1.165, 1.54) is 0 Å². The van der Waals surface area contributed by atoms with E-state index in [-0.39, 0.29) is 12.5 Å². The molecular weight excluding hydrogens is 230 g/mol. The molecule has 18 heavy (non-hydrogen) atoms. The number of unbranched alkanes of at least 4 members (excludes halogenated alkanes) is 2. The van der Waals surface area contributed by atoms with Gasteiger partial charge in [0.05, 0.1) is 21.1 Å². The molecule has 112 valence electrons. The first kappa shape index (κ1) is 22.6. The quantitative estimate of drug-likeness (QED) is 0.582. The molecule has 0 aliphatic carbocycles. The van der Waals surface area contributed by atoms with Crippen molar-refractivity contribution >= 4 is 5.97 Å². The molecule has 0 amide bonds. The summed E-state index contributed by atoms with van der Waals surface area (Å²) in [5.41, 5.74) is 0. The lowest BCUT2D eigenvalue weighted by atomic mass is 10.2. The minimum absolute atomic E-state index is 0.185. The monoisotopic (exact) mass is 263 g/mol. The molecule has 0 saturated heterocycles. The number of aliphatic hydroxyl groups excluding tert-OH is 1. The molecular formula is C14H33NO3. The lowest BCUT2D eigenvalue weighted by Crippen LogP contribution is -2.40. The van der Waals surface area contributed by atoms with E-state index in [0.717, 1.165) is 30.3 Å². The first-order chi connectivity index (χ1) is 8.19. The fraction of sp³-hybridized carbons (Fsp3) is 0.929. The van der Waals surface area contributed by atoms with Crippen molar-refractivity contribution in [2.24, 2.45) is 0 Å². The number of hydrogen-bond acceptors (Lipinski definition) is 3. The summed E-state index contributed by atoms with van der Waals surface area (Å²) in [7, 11) is 6.19. The maximum atomic E-state index is 9.76. The van der Waals surface area contributed by atoms with Crippen molar-refractivity contribution in [3.63, 3.8) is 0 Å². The summed E-state index contributed by atoms with van der Waals surface area (Å²) in [5, 5.41) is 18.6. The van der Waals surface area contributed by atoms with E-state index < -0.39 is 5.97 Å². The second kappa shape index (κ2) is 14.5. The molecule has 0 aromatic carbocycles. The Labute approximate surface area is 113 Å². The van der Waals surface area contributed by atoms with Crippen LogP contribution in [0, 0.1) is 0 Å². The zero-order valence-corrected chi connectivity index (χ0v) is 13.3. The second-order valence-corrected chi connectivity index (χ2v) is 5.15. The number of carbonyl (C=O) groups is 1. The molecule has 1 atom stereocenters. The third kappa shape index (κ3) is 36.1. The molecule has 0 aliphatic rings. The number of aliphatic carboxylic acids is 1. The minimum Gasteiger partial charge on any atom is -0.550 e. The average Bonchev–Trinajstić information content (AvgIpc) is 2.17. The van der Waals surface area contributed by atoms with Crippen molar-refractivity contribution in [3.05, 3.63) is 0 Å². The van der Waals surface area contributed by atoms with Gasteiger partial charge in [0, 0.05) is 5.97 Å². The molecule has 4 heteroatoms. The SMILES string of the molecule is CC.CC(O)C[N+](C)(C)C.CCCCCC(=O)[O-]. The van der Waals surface area contributed by atoms with Crippen LogP contribution >= 0.6 is 0 Å². The van der Waals surface area contributed by atoms with Crippen molar-refractivity contribution < 1.29 is 19.5 Å². The zero-order chi connectivity index (χ0) is 15.2. The van der Waals surface area contributed by atoms with Crippen LogP contribution in [0.5, 0.6) is 0 Å². The van der Waals surface area contributed by atoms with Gasteiger partial charge in [0.25, 0.3) is 0 Å². The number of quaternary nitrogens is 1. The molecule has 0 rings (SSSR count). The highest BCUT2D eigenvalue weighted by Crippen LogP contribution is 1.96. The van der Waals surface area contributed by atoms with E-state index >= 15 is 0 Å². The number of nitrogens with zero attached hydrogens (tertiary/aromatic N) is 1. The van der Waals surface area contributed by atoms with Crippen LogP contribution in [0.4, 0.5) is 0 Å². The van der Waals surface area contributed by atoms with Crippen LogP contribution in [0.2, 0.25) is 0 Å². The molecule has 1 unspecified atom stereocenters. The summed E-state index contributed by atoms with van der Waals surface area (Å²) in [5.74, 6) is -0.932. The van der Waals surface area contributed by atoms with Crippen LogP contribution in [0.3, 0.4) is 0 Å². The van der Waals surface area contributed by atoms with Gasteiger partial charge < -0.3 is 19.5 Å². The van der Waals surface area contributed by atoms with E-state index in [2.05, 4.69) is 21.1 Å². The minimum atomic E-state index is -0.932. The van der Waals surface area contributed by atoms with Crippen molar-refractivity contribution in [1.82, 2.24) is 0 Å². The van der Waals surface area contributed by atoms with E-state index in [1.807, 2.05) is 27.7 Å². The van der Waals surface area contributed by atoms with Gasteiger partial charge in [-0.25, -0.2) is 0 Å². The Morgan fingerprint density at radius 2 is 1.67 bits per heavy atom. The first-order valence-electron chi connectivity index (χ1n) is 6.87. The number of rotatable bonds is 6. The molecule has 0 fully saturated rings. The number of carbonyl (C=O) groups excluding carboxylic acids is 1. The molecule has 0 aliphatic heterocycles. The zero-order valence-electron chi connectivity index (χ0n) is 13.3. The first-order valence-corrected chi connectivity index (χ1v) is 6.87. The summed E-state index contributed by atoms with van der Waals surface area (Å²) >= 11 is 0. The van der Waals surface area contributed by atoms with Crippen molar-refractivity contribution in [2.45, 2.75) is 59.5 Å². The van der Waals surface area contributed by atoms with Gasteiger partial charge in [-0.15, -0.1) is 0 Å². The van der Waals surface area contributed by atoms with Gasteiger partial charge in [-0.1, -0.05) is 33.6 Å². The van der Waals surface area contributed by atoms with Crippen molar-refractivity contribution in [2.75, 3.05) is 27.7 Å². The normalized spacial score (nSPS) is 11.6. The smallest absolute Gasteiger partial charge is 0.104 e. The largest absolute Gasteiger partial charge is 0.550 e. The Hall–Kier alpha value is -0.610. The van der Waals surface area contributed by atoms with Crippen LogP contribution in [0.25, 0.3) is 0 Å². The molecule has 0 aromatic rings. The van der Waals surface area contributed by atoms with Gasteiger partial charge in [0.15, 0.2) is 0 Å². The van der Waals surface area contributed by atoms with Crippen molar-refractivity contribution in [1.29, 1.82) is 0 Å². The maximum Gasteiger partial charge on any atom is 0.104 e. The summed E-state index contributed by atoms with van der Waals surface area (Å²) in [6, 6.07) is 0. The molecule has 0 saturated carbocycles. The number of aliphatic hydroxyl groups is 1. The maximum absolute atomic E-state index is 9.76. The topological polar surface area (TPSA) is 60.4 Å². The Morgan fingerprint density at radius 3 is 1.83 bits per heavy atom. The Balaban J connectivity index is -0.000000219. The highest BCUT2D eigenvalue weighted by molar-refractivity contribution is 5.63. The number of carboxylic acid groups (broad SMARTS) is 1. The molecule has 0 aromatic heterocycles. The van der Waals surface area contributed by atoms with Crippen LogP contribution in [0.1, 0.15) is 53.4 Å². The van der Waals surface area contributed by atoms with Gasteiger partial charge in [-0.2, -0.15) is 0 Å². The molecule has 1 N–H and O–H groups in total. The third-order valence-electron chi connectivity index (χ3n) is 1.80. The highest BCUT2D eigenvalue weighted by atomic mass is 16.4. The summed E-state index contributed by atoms with van der Waals surface area (Å²) < 4.78 is 0.831. The van der Waals surface area contributed by atoms with Crippen LogP contribution < -0.4 is 5.11 Å². The third-order valence-corrected chi connectivity index (χ3v) is 1.80. The van der Waals surface area contributed by atoms with E-state index in [0.29, 0.717) is 0 Å². The lowest BCUT2D eigenvalue weighted by molar-refractivity contribution is -0.873. The summed E-state index contributed by atoms with van der Waals surface area (Å²) in [6.07, 6.45) is 2.85. The summed E-state index contributed by atoms with van der Waals surface area (Å²) in [4.78, 5) is 9.76. The van der Waals surface area contributed by atoms with Crippen LogP contribution in [-0.2, 0) is 4.79 Å². The Bertz CT molecular complexity index is 174. The molecule has 0 heterocycles. The van der Waals surface area contributed by atoms with Gasteiger partial charge in [0.2, 0.25) is 0 Å². The number of likely N-dealkylation sites (N-methyl/N-ethyl adjacent to an activating group) is 1. The molecule has 0 radical (unpaired) electrons. The van der Waals surface area contributed by atoms with Gasteiger partial charge in [-0.05, 0) is 19.8 Å². The Kier molecular flexibility index (Phi) is 18.1. The van der Waals surface area contributed by atoms with Gasteiger partial charge >= 0.3 is 0 Å². The second-order valence-electron chi connectivity index (χ2n) is 5.15. The van der Waals surface area contributed by atoms with Crippen molar-refractivity contribution in [3.8, 4) is 0 Å². The number of hydrogen-bond donors (Lipinski definition) is 1.